The summed E-state index contributed by atoms with van der Waals surface area (Å²) >= 11 is 0. The molecule has 41 heavy (non-hydrogen) atoms. The highest BCUT2D eigenvalue weighted by Crippen LogP contribution is 2.17. The molecular formula is C27H49NO12Si. The molecule has 0 bridgehead atoms. The molecule has 1 rings (SSSR count). The Labute approximate surface area is 244 Å². The second kappa shape index (κ2) is 25.9. The van der Waals surface area contributed by atoms with Crippen molar-refractivity contribution >= 4 is 14.0 Å². The molecule has 0 heterocycles. The van der Waals surface area contributed by atoms with Crippen molar-refractivity contribution in [2.75, 3.05) is 119 Å². The van der Waals surface area contributed by atoms with Gasteiger partial charge in [0.1, 0.15) is 12.4 Å². The zero-order valence-electron chi connectivity index (χ0n) is 24.9. The summed E-state index contributed by atoms with van der Waals surface area (Å²) in [5, 5.41) is 10.6. The Kier molecular flexibility index (Phi) is 23.6. The van der Waals surface area contributed by atoms with E-state index in [1.54, 1.807) is 12.1 Å². The average molecular weight is 608 g/mol. The van der Waals surface area contributed by atoms with Gasteiger partial charge in [0.2, 0.25) is 0 Å². The van der Waals surface area contributed by atoms with Crippen molar-refractivity contribution in [3.05, 3.63) is 34.4 Å². The average Bonchev–Trinajstić information content (AvgIpc) is 2.94. The maximum atomic E-state index is 10.6. The highest BCUT2D eigenvalue weighted by atomic mass is 28.4. The van der Waals surface area contributed by atoms with E-state index in [4.69, 9.17) is 47.1 Å². The first-order valence-electron chi connectivity index (χ1n) is 14.0. The van der Waals surface area contributed by atoms with Crippen LogP contribution in [-0.4, -0.2) is 132 Å². The van der Waals surface area contributed by atoms with Gasteiger partial charge in [-0.1, -0.05) is 0 Å². The molecule has 1 aromatic rings. The Morgan fingerprint density at radius 2 is 0.805 bits per heavy atom. The van der Waals surface area contributed by atoms with Crippen molar-refractivity contribution in [3.8, 4) is 5.75 Å². The summed E-state index contributed by atoms with van der Waals surface area (Å²) in [4.78, 5) is 10.2. The van der Waals surface area contributed by atoms with E-state index in [0.29, 0.717) is 125 Å². The van der Waals surface area contributed by atoms with Crippen molar-refractivity contribution in [1.29, 1.82) is 0 Å². The van der Waals surface area contributed by atoms with Crippen LogP contribution < -0.4 is 4.74 Å². The second-order valence-electron chi connectivity index (χ2n) is 9.46. The standard InChI is InChI=1S/C27H49NO12Si/c1-41(2,3)40-25-23-38-21-19-36-17-15-34-13-11-32-9-8-31-10-12-33-14-16-35-18-20-37-22-24-39-27-6-4-26(5-7-27)28(29)30/h4-7H,8-25H2,1-3H3. The van der Waals surface area contributed by atoms with Crippen LogP contribution in [0.3, 0.4) is 0 Å². The van der Waals surface area contributed by atoms with Gasteiger partial charge >= 0.3 is 0 Å². The van der Waals surface area contributed by atoms with Gasteiger partial charge in [0.25, 0.3) is 5.69 Å². The number of benzene rings is 1. The minimum absolute atomic E-state index is 0.0282. The Bertz CT molecular complexity index is 736. The number of hydrogen-bond donors (Lipinski definition) is 0. The van der Waals surface area contributed by atoms with Gasteiger partial charge in [0, 0.05) is 12.1 Å². The molecule has 0 aromatic heterocycles. The molecule has 14 heteroatoms. The molecule has 1 aromatic carbocycles. The van der Waals surface area contributed by atoms with Crippen molar-refractivity contribution < 1.29 is 52.0 Å². The molecule has 0 unspecified atom stereocenters. The van der Waals surface area contributed by atoms with Crippen LogP contribution in [0.15, 0.2) is 24.3 Å². The Hall–Kier alpha value is -1.72. The first-order chi connectivity index (χ1) is 19.9. The number of hydrogen-bond acceptors (Lipinski definition) is 12. The largest absolute Gasteiger partial charge is 0.491 e. The number of nitro groups is 1. The molecule has 0 fully saturated rings. The summed E-state index contributed by atoms with van der Waals surface area (Å²) in [5.74, 6) is 0.559. The van der Waals surface area contributed by atoms with Crippen LogP contribution in [0.1, 0.15) is 0 Å². The van der Waals surface area contributed by atoms with E-state index in [1.807, 2.05) is 0 Å². The fraction of sp³-hybridized carbons (Fsp3) is 0.778. The first kappa shape index (κ1) is 37.3. The lowest BCUT2D eigenvalue weighted by Gasteiger charge is -2.16. The molecule has 0 spiro atoms. The third-order valence-electron chi connectivity index (χ3n) is 4.91. The highest BCUT2D eigenvalue weighted by molar-refractivity contribution is 6.69. The van der Waals surface area contributed by atoms with E-state index in [-0.39, 0.29) is 5.69 Å². The smallest absolute Gasteiger partial charge is 0.269 e. The van der Waals surface area contributed by atoms with Gasteiger partial charge < -0.3 is 47.1 Å². The molecule has 0 saturated carbocycles. The summed E-state index contributed by atoms with van der Waals surface area (Å²) in [6, 6.07) is 5.92. The number of ether oxygens (including phenoxy) is 9. The summed E-state index contributed by atoms with van der Waals surface area (Å²) in [6.07, 6.45) is 0. The third kappa shape index (κ3) is 25.7. The Balaban J connectivity index is 1.68. The lowest BCUT2D eigenvalue weighted by atomic mass is 10.3. The Morgan fingerprint density at radius 1 is 0.512 bits per heavy atom. The van der Waals surface area contributed by atoms with Crippen LogP contribution >= 0.6 is 0 Å². The zero-order chi connectivity index (χ0) is 29.9. The predicted octanol–water partition coefficient (Wildman–Crippen LogP) is 2.96. The van der Waals surface area contributed by atoms with E-state index < -0.39 is 13.2 Å². The molecule has 0 aliphatic rings. The van der Waals surface area contributed by atoms with Gasteiger partial charge in [0.05, 0.1) is 117 Å². The van der Waals surface area contributed by atoms with Gasteiger partial charge in [-0.05, 0) is 31.8 Å². The fourth-order valence-electron chi connectivity index (χ4n) is 2.93. The number of nitro benzene ring substituents is 1. The topological polar surface area (TPSA) is 135 Å². The number of rotatable bonds is 30. The highest BCUT2D eigenvalue weighted by Gasteiger charge is 2.13. The minimum Gasteiger partial charge on any atom is -0.491 e. The monoisotopic (exact) mass is 607 g/mol. The molecule has 0 amide bonds. The van der Waals surface area contributed by atoms with Crippen LogP contribution in [0.5, 0.6) is 5.75 Å². The molecule has 0 N–H and O–H groups in total. The molecule has 0 aliphatic heterocycles. The van der Waals surface area contributed by atoms with E-state index in [2.05, 4.69) is 19.6 Å². The van der Waals surface area contributed by atoms with Crippen molar-refractivity contribution in [2.45, 2.75) is 19.6 Å². The van der Waals surface area contributed by atoms with Crippen LogP contribution in [0, 0.1) is 10.1 Å². The van der Waals surface area contributed by atoms with Crippen LogP contribution in [0.25, 0.3) is 0 Å². The summed E-state index contributed by atoms with van der Waals surface area (Å²) in [5.41, 5.74) is 0.0282. The normalized spacial score (nSPS) is 11.7. The van der Waals surface area contributed by atoms with Crippen LogP contribution in [0.2, 0.25) is 19.6 Å². The first-order valence-corrected chi connectivity index (χ1v) is 17.4. The van der Waals surface area contributed by atoms with Gasteiger partial charge in [-0.3, -0.25) is 10.1 Å². The van der Waals surface area contributed by atoms with Crippen molar-refractivity contribution in [3.63, 3.8) is 0 Å². The lowest BCUT2D eigenvalue weighted by molar-refractivity contribution is -0.384. The molecule has 0 saturated heterocycles. The van der Waals surface area contributed by atoms with Crippen LogP contribution in [-0.2, 0) is 42.3 Å². The number of nitrogens with zero attached hydrogens (tertiary/aromatic N) is 1. The van der Waals surface area contributed by atoms with E-state index >= 15 is 0 Å². The Morgan fingerprint density at radius 3 is 1.10 bits per heavy atom. The molecular weight excluding hydrogens is 558 g/mol. The minimum atomic E-state index is -1.45. The third-order valence-corrected chi connectivity index (χ3v) is 5.98. The van der Waals surface area contributed by atoms with Crippen molar-refractivity contribution in [1.82, 2.24) is 0 Å². The summed E-state index contributed by atoms with van der Waals surface area (Å²) < 4.78 is 54.8. The van der Waals surface area contributed by atoms with E-state index in [0.717, 1.165) is 0 Å². The summed E-state index contributed by atoms with van der Waals surface area (Å²) in [6.45, 7) is 15.4. The molecule has 13 nitrogen and oxygen atoms in total. The molecule has 0 aliphatic carbocycles. The van der Waals surface area contributed by atoms with E-state index in [1.165, 1.54) is 12.1 Å². The van der Waals surface area contributed by atoms with E-state index in [9.17, 15) is 10.1 Å². The van der Waals surface area contributed by atoms with Gasteiger partial charge in [0.15, 0.2) is 8.32 Å². The summed E-state index contributed by atoms with van der Waals surface area (Å²) in [7, 11) is -1.45. The molecule has 0 atom stereocenters. The van der Waals surface area contributed by atoms with Crippen molar-refractivity contribution in [2.24, 2.45) is 0 Å². The second-order valence-corrected chi connectivity index (χ2v) is 14.0. The maximum Gasteiger partial charge on any atom is 0.269 e. The number of non-ortho nitro benzene ring substituents is 1. The quantitative estimate of drug-likeness (QED) is 0.0551. The van der Waals surface area contributed by atoms with Gasteiger partial charge in [-0.2, -0.15) is 0 Å². The zero-order valence-corrected chi connectivity index (χ0v) is 25.9. The van der Waals surface area contributed by atoms with Gasteiger partial charge in [-0.25, -0.2) is 0 Å². The van der Waals surface area contributed by atoms with Crippen LogP contribution in [0.4, 0.5) is 5.69 Å². The fourth-order valence-corrected chi connectivity index (χ4v) is 3.63. The lowest BCUT2D eigenvalue weighted by Crippen LogP contribution is -2.27. The molecule has 0 radical (unpaired) electrons. The van der Waals surface area contributed by atoms with Gasteiger partial charge in [-0.15, -0.1) is 0 Å². The predicted molar refractivity (Wildman–Crippen MR) is 154 cm³/mol. The molecule has 238 valence electrons. The SMILES string of the molecule is C[Si](C)(C)OCCOCCOCCOCCOCCOCCOCCOCCOCCOc1ccc([N+](=O)[O-])cc1. The maximum absolute atomic E-state index is 10.6.